The number of nitrogens with zero attached hydrogens (tertiary/aromatic N) is 4. The van der Waals surface area contributed by atoms with E-state index in [1.165, 1.54) is 6.42 Å². The molecular formula is C9H22N6. The highest BCUT2D eigenvalue weighted by Crippen LogP contribution is 2.16. The maximum Gasteiger partial charge on any atom is 0.0411 e. The van der Waals surface area contributed by atoms with Crippen molar-refractivity contribution in [2.24, 2.45) is 0 Å². The molecule has 0 bridgehead atoms. The van der Waals surface area contributed by atoms with Crippen molar-refractivity contribution in [1.82, 2.24) is 31.1 Å². The van der Waals surface area contributed by atoms with Crippen molar-refractivity contribution in [2.75, 3.05) is 41.3 Å². The van der Waals surface area contributed by atoms with E-state index in [2.05, 4.69) is 59.3 Å². The average Bonchev–Trinajstić information content (AvgIpc) is 2.58. The first-order chi connectivity index (χ1) is 7.06. The van der Waals surface area contributed by atoms with Crippen LogP contribution in [-0.2, 0) is 0 Å². The monoisotopic (exact) mass is 214 g/mol. The van der Waals surface area contributed by atoms with Crippen LogP contribution in [-0.4, -0.2) is 73.4 Å². The zero-order chi connectivity index (χ0) is 11.0. The molecule has 0 aromatic carbocycles. The summed E-state index contributed by atoms with van der Waals surface area (Å²) in [6, 6.07) is 1.19. The van der Waals surface area contributed by atoms with Gasteiger partial charge in [0.15, 0.2) is 0 Å². The second-order valence-corrected chi connectivity index (χ2v) is 4.73. The van der Waals surface area contributed by atoms with Crippen LogP contribution in [0.25, 0.3) is 0 Å². The first kappa shape index (κ1) is 11.3. The largest absolute Gasteiger partial charge is 0.232 e. The Balaban J connectivity index is 1.86. The van der Waals surface area contributed by atoms with E-state index in [0.29, 0.717) is 12.1 Å². The number of nitrogens with one attached hydrogen (secondary N) is 2. The van der Waals surface area contributed by atoms with Crippen LogP contribution in [0, 0.1) is 0 Å². The fraction of sp³-hybridized carbons (Fsp3) is 1.00. The normalized spacial score (nSPS) is 36.8. The van der Waals surface area contributed by atoms with E-state index in [4.69, 9.17) is 0 Å². The molecule has 6 heteroatoms. The topological polar surface area (TPSA) is 37.0 Å². The van der Waals surface area contributed by atoms with Gasteiger partial charge in [0, 0.05) is 53.4 Å². The summed E-state index contributed by atoms with van der Waals surface area (Å²) in [4.78, 5) is 0. The Kier molecular flexibility index (Phi) is 3.24. The first-order valence-corrected chi connectivity index (χ1v) is 5.47. The van der Waals surface area contributed by atoms with E-state index in [1.807, 2.05) is 0 Å². The van der Waals surface area contributed by atoms with Gasteiger partial charge in [-0.3, -0.25) is 0 Å². The van der Waals surface area contributed by atoms with Crippen LogP contribution in [0.5, 0.6) is 0 Å². The van der Waals surface area contributed by atoms with E-state index in [0.717, 1.165) is 13.1 Å². The number of hydrogen-bond acceptors (Lipinski definition) is 6. The number of rotatable bonds is 2. The number of hydrogen-bond donors (Lipinski definition) is 2. The Bertz CT molecular complexity index is 201. The maximum absolute atomic E-state index is 3.28. The molecule has 0 saturated carbocycles. The third-order valence-corrected chi connectivity index (χ3v) is 3.27. The molecule has 15 heavy (non-hydrogen) atoms. The average molecular weight is 214 g/mol. The molecule has 0 aromatic rings. The smallest absolute Gasteiger partial charge is 0.0411 e. The minimum absolute atomic E-state index is 0.593. The van der Waals surface area contributed by atoms with Crippen LogP contribution in [0.15, 0.2) is 0 Å². The minimum atomic E-state index is 0.593. The summed E-state index contributed by atoms with van der Waals surface area (Å²) in [6.45, 7) is 2.18. The van der Waals surface area contributed by atoms with Crippen molar-refractivity contribution >= 4 is 0 Å². The van der Waals surface area contributed by atoms with Crippen LogP contribution in [0.4, 0.5) is 0 Å². The fourth-order valence-electron chi connectivity index (χ4n) is 2.44. The minimum Gasteiger partial charge on any atom is -0.232 e. The van der Waals surface area contributed by atoms with Crippen LogP contribution in [0.2, 0.25) is 0 Å². The van der Waals surface area contributed by atoms with Gasteiger partial charge in [-0.1, -0.05) is 0 Å². The standard InChI is InChI=1S/C9H22N6/c1-12-6-8(14(3)10-12)5-9-7-13(2)11-15(9)4/h8-11H,5-7H2,1-4H3. The maximum atomic E-state index is 3.28. The lowest BCUT2D eigenvalue weighted by Gasteiger charge is -2.23. The SMILES string of the molecule is CN1CC(CC2CN(C)NN2C)N(C)N1. The predicted molar refractivity (Wildman–Crippen MR) is 59.3 cm³/mol. The van der Waals surface area contributed by atoms with Gasteiger partial charge in [0.2, 0.25) is 0 Å². The lowest BCUT2D eigenvalue weighted by molar-refractivity contribution is 0.125. The number of likely N-dealkylation sites (N-methyl/N-ethyl adjacent to an activating group) is 4. The van der Waals surface area contributed by atoms with Gasteiger partial charge >= 0.3 is 0 Å². The van der Waals surface area contributed by atoms with Crippen molar-refractivity contribution in [3.05, 3.63) is 0 Å². The molecule has 0 spiro atoms. The van der Waals surface area contributed by atoms with Crippen molar-refractivity contribution in [3.63, 3.8) is 0 Å². The molecule has 0 aliphatic carbocycles. The fourth-order valence-corrected chi connectivity index (χ4v) is 2.44. The zero-order valence-corrected chi connectivity index (χ0v) is 10.1. The molecule has 6 nitrogen and oxygen atoms in total. The lowest BCUT2D eigenvalue weighted by Crippen LogP contribution is -2.42. The molecule has 0 amide bonds. The Morgan fingerprint density at radius 1 is 0.867 bits per heavy atom. The van der Waals surface area contributed by atoms with Gasteiger partial charge in [-0.05, 0) is 6.42 Å². The van der Waals surface area contributed by atoms with E-state index in [9.17, 15) is 0 Å². The highest BCUT2D eigenvalue weighted by molar-refractivity contribution is 4.83. The highest BCUT2D eigenvalue weighted by atomic mass is 15.8. The summed E-state index contributed by atoms with van der Waals surface area (Å²) < 4.78 is 0. The van der Waals surface area contributed by atoms with Gasteiger partial charge in [-0.15, -0.1) is 0 Å². The third-order valence-electron chi connectivity index (χ3n) is 3.27. The molecule has 2 aliphatic heterocycles. The summed E-state index contributed by atoms with van der Waals surface area (Å²) in [5.41, 5.74) is 6.56. The first-order valence-electron chi connectivity index (χ1n) is 5.47. The lowest BCUT2D eigenvalue weighted by atomic mass is 10.1. The molecule has 2 saturated heterocycles. The highest BCUT2D eigenvalue weighted by Gasteiger charge is 2.32. The summed E-state index contributed by atoms with van der Waals surface area (Å²) >= 11 is 0. The second-order valence-electron chi connectivity index (χ2n) is 4.73. The van der Waals surface area contributed by atoms with Gasteiger partial charge in [-0.25, -0.2) is 20.0 Å². The third kappa shape index (κ3) is 2.47. The molecule has 2 aliphatic rings. The Hall–Kier alpha value is -0.240. The van der Waals surface area contributed by atoms with Crippen LogP contribution < -0.4 is 11.1 Å². The van der Waals surface area contributed by atoms with Gasteiger partial charge in [0.1, 0.15) is 0 Å². The summed E-state index contributed by atoms with van der Waals surface area (Å²) in [5.74, 6) is 0. The van der Waals surface area contributed by atoms with Crippen LogP contribution in [0.3, 0.4) is 0 Å². The van der Waals surface area contributed by atoms with E-state index in [-0.39, 0.29) is 0 Å². The summed E-state index contributed by atoms with van der Waals surface area (Å²) in [7, 11) is 8.39. The quantitative estimate of drug-likeness (QED) is 0.596. The number of hydrazine groups is 4. The molecule has 2 fully saturated rings. The second kappa shape index (κ2) is 4.32. The van der Waals surface area contributed by atoms with Crippen molar-refractivity contribution < 1.29 is 0 Å². The Morgan fingerprint density at radius 2 is 1.27 bits per heavy atom. The summed E-state index contributed by atoms with van der Waals surface area (Å²) in [6.07, 6.45) is 1.18. The molecule has 2 rings (SSSR count). The Morgan fingerprint density at radius 3 is 1.53 bits per heavy atom. The van der Waals surface area contributed by atoms with Crippen molar-refractivity contribution in [3.8, 4) is 0 Å². The van der Waals surface area contributed by atoms with E-state index in [1.54, 1.807) is 0 Å². The molecule has 0 radical (unpaired) electrons. The molecule has 0 aromatic heterocycles. The Labute approximate surface area is 91.7 Å². The van der Waals surface area contributed by atoms with E-state index >= 15 is 0 Å². The van der Waals surface area contributed by atoms with Gasteiger partial charge in [0.25, 0.3) is 0 Å². The van der Waals surface area contributed by atoms with Crippen LogP contribution in [0.1, 0.15) is 6.42 Å². The van der Waals surface area contributed by atoms with E-state index < -0.39 is 0 Å². The van der Waals surface area contributed by atoms with Crippen molar-refractivity contribution in [1.29, 1.82) is 0 Å². The molecule has 2 atom stereocenters. The molecule has 88 valence electrons. The predicted octanol–water partition coefficient (Wildman–Crippen LogP) is -1.29. The van der Waals surface area contributed by atoms with Crippen molar-refractivity contribution in [2.45, 2.75) is 18.5 Å². The van der Waals surface area contributed by atoms with Crippen LogP contribution >= 0.6 is 0 Å². The van der Waals surface area contributed by atoms with Gasteiger partial charge < -0.3 is 0 Å². The molecule has 2 heterocycles. The summed E-state index contributed by atoms with van der Waals surface area (Å²) in [5, 5.41) is 8.67. The molecule has 2 N–H and O–H groups in total. The van der Waals surface area contributed by atoms with Gasteiger partial charge in [0.05, 0.1) is 0 Å². The molecule has 2 unspecified atom stereocenters. The van der Waals surface area contributed by atoms with Gasteiger partial charge in [-0.2, -0.15) is 11.1 Å². The molecular weight excluding hydrogens is 192 g/mol. The zero-order valence-electron chi connectivity index (χ0n) is 10.1.